The minimum absolute atomic E-state index is 0.0665. The summed E-state index contributed by atoms with van der Waals surface area (Å²) in [4.78, 5) is 0. The highest BCUT2D eigenvalue weighted by Crippen LogP contribution is 2.33. The van der Waals surface area contributed by atoms with Crippen molar-refractivity contribution in [2.24, 2.45) is 0 Å². The zero-order valence-electron chi connectivity index (χ0n) is 10.8. The Morgan fingerprint density at radius 2 is 1.94 bits per heavy atom. The van der Waals surface area contributed by atoms with Gasteiger partial charge in [-0.05, 0) is 22.6 Å². The van der Waals surface area contributed by atoms with E-state index in [4.69, 9.17) is 9.84 Å². The van der Waals surface area contributed by atoms with Crippen molar-refractivity contribution < 1.29 is 9.84 Å². The van der Waals surface area contributed by atoms with Gasteiger partial charge in [0, 0.05) is 5.92 Å². The van der Waals surface area contributed by atoms with Crippen molar-refractivity contribution in [3.05, 3.63) is 35.2 Å². The standard InChI is InChI=1S/C14H21O2/c1-10(9-15)11-6-7-12(14(2,3)4)13(8-11)16-5/h6-8,15H,9H2,1-5H3. The smallest absolute Gasteiger partial charge is 0.122 e. The topological polar surface area (TPSA) is 29.5 Å². The van der Waals surface area contributed by atoms with Gasteiger partial charge in [0.2, 0.25) is 0 Å². The van der Waals surface area contributed by atoms with E-state index in [0.717, 1.165) is 17.2 Å². The van der Waals surface area contributed by atoms with Crippen LogP contribution in [0.2, 0.25) is 0 Å². The molecule has 1 aromatic carbocycles. The summed E-state index contributed by atoms with van der Waals surface area (Å²) in [6, 6.07) is 6.11. The molecule has 0 atom stereocenters. The van der Waals surface area contributed by atoms with Crippen molar-refractivity contribution in [2.75, 3.05) is 13.7 Å². The zero-order chi connectivity index (χ0) is 12.3. The first-order valence-corrected chi connectivity index (χ1v) is 5.52. The van der Waals surface area contributed by atoms with E-state index < -0.39 is 0 Å². The third kappa shape index (κ3) is 2.76. The van der Waals surface area contributed by atoms with Gasteiger partial charge in [-0.1, -0.05) is 39.8 Å². The van der Waals surface area contributed by atoms with Gasteiger partial charge in [0.15, 0.2) is 0 Å². The Labute approximate surface area is 98.3 Å². The second-order valence-electron chi connectivity index (χ2n) is 5.10. The van der Waals surface area contributed by atoms with Crippen LogP contribution in [0.3, 0.4) is 0 Å². The molecule has 1 N–H and O–H groups in total. The lowest BCUT2D eigenvalue weighted by atomic mass is 9.85. The Hall–Kier alpha value is -1.02. The Bertz CT molecular complexity index is 350. The van der Waals surface area contributed by atoms with Crippen LogP contribution in [0.1, 0.15) is 38.8 Å². The normalized spacial score (nSPS) is 11.9. The largest absolute Gasteiger partial charge is 0.496 e. The molecule has 0 aliphatic carbocycles. The van der Waals surface area contributed by atoms with Gasteiger partial charge in [0.05, 0.1) is 13.7 Å². The fourth-order valence-electron chi connectivity index (χ4n) is 1.67. The number of rotatable bonds is 3. The van der Waals surface area contributed by atoms with Gasteiger partial charge in [-0.25, -0.2) is 0 Å². The van der Waals surface area contributed by atoms with Gasteiger partial charge in [-0.2, -0.15) is 0 Å². The number of methoxy groups -OCH3 is 1. The maximum Gasteiger partial charge on any atom is 0.122 e. The molecule has 0 bridgehead atoms. The van der Waals surface area contributed by atoms with Crippen LogP contribution >= 0.6 is 0 Å². The second kappa shape index (κ2) is 4.88. The van der Waals surface area contributed by atoms with Crippen molar-refractivity contribution in [1.82, 2.24) is 0 Å². The lowest BCUT2D eigenvalue weighted by Gasteiger charge is -2.23. The zero-order valence-corrected chi connectivity index (χ0v) is 10.8. The molecule has 0 saturated carbocycles. The molecule has 2 nitrogen and oxygen atoms in total. The molecule has 1 rings (SSSR count). The summed E-state index contributed by atoms with van der Waals surface area (Å²) < 4.78 is 5.41. The van der Waals surface area contributed by atoms with Crippen molar-refractivity contribution in [1.29, 1.82) is 0 Å². The van der Waals surface area contributed by atoms with Crippen LogP contribution in [0.5, 0.6) is 5.75 Å². The lowest BCUT2D eigenvalue weighted by molar-refractivity contribution is 0.314. The molecule has 16 heavy (non-hydrogen) atoms. The second-order valence-corrected chi connectivity index (χ2v) is 5.10. The molecule has 0 aliphatic rings. The molecule has 0 unspecified atom stereocenters. The predicted molar refractivity (Wildman–Crippen MR) is 66.8 cm³/mol. The monoisotopic (exact) mass is 221 g/mol. The molecule has 0 aromatic heterocycles. The van der Waals surface area contributed by atoms with Crippen LogP contribution in [0.4, 0.5) is 0 Å². The van der Waals surface area contributed by atoms with E-state index in [1.54, 1.807) is 7.11 Å². The van der Waals surface area contributed by atoms with E-state index >= 15 is 0 Å². The van der Waals surface area contributed by atoms with E-state index in [-0.39, 0.29) is 12.0 Å². The molecule has 0 spiro atoms. The summed E-state index contributed by atoms with van der Waals surface area (Å²) in [7, 11) is 1.68. The molecular formula is C14H21O2. The first kappa shape index (κ1) is 13.0. The lowest BCUT2D eigenvalue weighted by Crippen LogP contribution is -2.13. The van der Waals surface area contributed by atoms with Crippen LogP contribution in [0, 0.1) is 5.92 Å². The van der Waals surface area contributed by atoms with Crippen molar-refractivity contribution in [3.8, 4) is 5.75 Å². The number of ether oxygens (including phenoxy) is 1. The maximum absolute atomic E-state index is 9.10. The van der Waals surface area contributed by atoms with Crippen molar-refractivity contribution >= 4 is 0 Å². The van der Waals surface area contributed by atoms with Crippen molar-refractivity contribution in [2.45, 2.75) is 33.1 Å². The van der Waals surface area contributed by atoms with Gasteiger partial charge in [0.25, 0.3) is 0 Å². The van der Waals surface area contributed by atoms with E-state index in [1.165, 1.54) is 5.56 Å². The number of aliphatic hydroxyl groups is 1. The van der Waals surface area contributed by atoms with E-state index in [0.29, 0.717) is 0 Å². The summed E-state index contributed by atoms with van der Waals surface area (Å²) in [5, 5.41) is 9.10. The molecule has 0 fully saturated rings. The van der Waals surface area contributed by atoms with Crippen LogP contribution in [-0.4, -0.2) is 18.8 Å². The SMILES string of the molecule is COc1cc([C](C)CO)ccc1C(C)(C)C. The molecule has 1 aromatic rings. The van der Waals surface area contributed by atoms with Gasteiger partial charge >= 0.3 is 0 Å². The quantitative estimate of drug-likeness (QED) is 0.850. The van der Waals surface area contributed by atoms with Crippen LogP contribution in [-0.2, 0) is 5.41 Å². The summed E-state index contributed by atoms with van der Waals surface area (Å²) in [5.74, 6) is 1.84. The predicted octanol–water partition coefficient (Wildman–Crippen LogP) is 2.93. The van der Waals surface area contributed by atoms with Crippen molar-refractivity contribution in [3.63, 3.8) is 0 Å². The first-order chi connectivity index (χ1) is 7.40. The van der Waals surface area contributed by atoms with Gasteiger partial charge in [0.1, 0.15) is 5.75 Å². The highest BCUT2D eigenvalue weighted by atomic mass is 16.5. The minimum Gasteiger partial charge on any atom is -0.496 e. The summed E-state index contributed by atoms with van der Waals surface area (Å²) in [6.07, 6.45) is 0. The van der Waals surface area contributed by atoms with Crippen LogP contribution < -0.4 is 4.74 Å². The molecule has 2 heteroatoms. The average molecular weight is 221 g/mol. The van der Waals surface area contributed by atoms with E-state index in [1.807, 2.05) is 19.1 Å². The summed E-state index contributed by atoms with van der Waals surface area (Å²) in [5.41, 5.74) is 2.29. The van der Waals surface area contributed by atoms with E-state index in [9.17, 15) is 0 Å². The molecule has 0 amide bonds. The van der Waals surface area contributed by atoms with Gasteiger partial charge in [-0.3, -0.25) is 0 Å². The van der Waals surface area contributed by atoms with Crippen LogP contribution in [0.15, 0.2) is 18.2 Å². The molecular weight excluding hydrogens is 200 g/mol. The molecule has 1 radical (unpaired) electrons. The highest BCUT2D eigenvalue weighted by Gasteiger charge is 2.19. The number of hydrogen-bond donors (Lipinski definition) is 1. The molecule has 0 saturated heterocycles. The Kier molecular flexibility index (Phi) is 3.98. The Balaban J connectivity index is 3.17. The summed E-state index contributed by atoms with van der Waals surface area (Å²) in [6.45, 7) is 8.48. The highest BCUT2D eigenvalue weighted by molar-refractivity contribution is 5.45. The molecule has 0 aliphatic heterocycles. The van der Waals surface area contributed by atoms with Gasteiger partial charge in [-0.15, -0.1) is 0 Å². The third-order valence-corrected chi connectivity index (χ3v) is 2.74. The minimum atomic E-state index is 0.0665. The fourth-order valence-corrected chi connectivity index (χ4v) is 1.67. The first-order valence-electron chi connectivity index (χ1n) is 5.52. The molecule has 89 valence electrons. The fraction of sp³-hybridized carbons (Fsp3) is 0.500. The number of benzene rings is 1. The van der Waals surface area contributed by atoms with E-state index in [2.05, 4.69) is 26.8 Å². The number of hydrogen-bond acceptors (Lipinski definition) is 2. The maximum atomic E-state index is 9.10. The average Bonchev–Trinajstić information content (AvgIpc) is 2.25. The third-order valence-electron chi connectivity index (χ3n) is 2.74. The molecule has 0 heterocycles. The number of aliphatic hydroxyl groups excluding tert-OH is 1. The van der Waals surface area contributed by atoms with Gasteiger partial charge < -0.3 is 9.84 Å². The Morgan fingerprint density at radius 3 is 2.38 bits per heavy atom. The summed E-state index contributed by atoms with van der Waals surface area (Å²) >= 11 is 0. The van der Waals surface area contributed by atoms with Crippen LogP contribution in [0.25, 0.3) is 0 Å². The Morgan fingerprint density at radius 1 is 1.31 bits per heavy atom.